The van der Waals surface area contributed by atoms with E-state index in [4.69, 9.17) is 4.42 Å². The molecule has 1 aromatic carbocycles. The molecule has 0 saturated carbocycles. The second-order valence-corrected chi connectivity index (χ2v) is 6.38. The zero-order valence-electron chi connectivity index (χ0n) is 14.6. The van der Waals surface area contributed by atoms with Crippen LogP contribution < -0.4 is 5.32 Å². The van der Waals surface area contributed by atoms with Crippen LogP contribution in [-0.2, 0) is 4.79 Å². The zero-order chi connectivity index (χ0) is 17.8. The Bertz CT molecular complexity index is 747. The largest absolute Gasteiger partial charge is 0.472 e. The van der Waals surface area contributed by atoms with Gasteiger partial charge in [0.15, 0.2) is 0 Å². The Kier molecular flexibility index (Phi) is 5.19. The van der Waals surface area contributed by atoms with E-state index in [2.05, 4.69) is 10.2 Å². The van der Waals surface area contributed by atoms with E-state index in [0.717, 1.165) is 16.8 Å². The van der Waals surface area contributed by atoms with Gasteiger partial charge in [-0.1, -0.05) is 12.1 Å². The maximum absolute atomic E-state index is 12.3. The van der Waals surface area contributed by atoms with Crippen molar-refractivity contribution in [3.8, 4) is 0 Å². The van der Waals surface area contributed by atoms with Crippen LogP contribution in [0.25, 0.3) is 0 Å². The van der Waals surface area contributed by atoms with Gasteiger partial charge in [-0.15, -0.1) is 0 Å². The van der Waals surface area contributed by atoms with Crippen LogP contribution in [0.2, 0.25) is 0 Å². The number of rotatable bonds is 4. The lowest BCUT2D eigenvalue weighted by Crippen LogP contribution is -2.50. The van der Waals surface area contributed by atoms with Crippen molar-refractivity contribution < 1.29 is 14.0 Å². The average Bonchev–Trinajstić information content (AvgIpc) is 3.13. The van der Waals surface area contributed by atoms with Crippen molar-refractivity contribution in [2.45, 2.75) is 13.8 Å². The fourth-order valence-corrected chi connectivity index (χ4v) is 2.96. The summed E-state index contributed by atoms with van der Waals surface area (Å²) in [6, 6.07) is 7.56. The van der Waals surface area contributed by atoms with Crippen LogP contribution >= 0.6 is 0 Å². The number of carbonyl (C=O) groups is 2. The summed E-state index contributed by atoms with van der Waals surface area (Å²) >= 11 is 0. The highest BCUT2D eigenvalue weighted by Crippen LogP contribution is 2.18. The quantitative estimate of drug-likeness (QED) is 0.927. The van der Waals surface area contributed by atoms with Crippen LogP contribution in [0.5, 0.6) is 0 Å². The Morgan fingerprint density at radius 1 is 1.12 bits per heavy atom. The number of benzene rings is 1. The van der Waals surface area contributed by atoms with Gasteiger partial charge in [-0.2, -0.15) is 0 Å². The van der Waals surface area contributed by atoms with Crippen molar-refractivity contribution in [2.75, 3.05) is 38.0 Å². The van der Waals surface area contributed by atoms with E-state index < -0.39 is 0 Å². The molecule has 1 N–H and O–H groups in total. The second kappa shape index (κ2) is 7.53. The Morgan fingerprint density at radius 2 is 1.88 bits per heavy atom. The minimum atomic E-state index is -0.0247. The summed E-state index contributed by atoms with van der Waals surface area (Å²) < 4.78 is 4.96. The summed E-state index contributed by atoms with van der Waals surface area (Å²) in [5.74, 6) is -0.0449. The van der Waals surface area contributed by atoms with Gasteiger partial charge in [0.2, 0.25) is 5.91 Å². The number of furan rings is 1. The summed E-state index contributed by atoms with van der Waals surface area (Å²) in [5.41, 5.74) is 3.68. The van der Waals surface area contributed by atoms with Gasteiger partial charge in [0, 0.05) is 31.9 Å². The normalized spacial score (nSPS) is 15.2. The lowest BCUT2D eigenvalue weighted by Gasteiger charge is -2.34. The van der Waals surface area contributed by atoms with Gasteiger partial charge in [-0.3, -0.25) is 14.5 Å². The predicted molar refractivity (Wildman–Crippen MR) is 95.6 cm³/mol. The molecule has 1 fully saturated rings. The molecule has 132 valence electrons. The van der Waals surface area contributed by atoms with Gasteiger partial charge in [0.05, 0.1) is 18.4 Å². The maximum Gasteiger partial charge on any atom is 0.257 e. The number of piperazine rings is 1. The third kappa shape index (κ3) is 4.09. The Hall–Kier alpha value is -2.60. The SMILES string of the molecule is Cc1cccc(NC(=O)CN2CCN(C(=O)c3ccoc3)CC2)c1C. The van der Waals surface area contributed by atoms with Crippen LogP contribution in [0.1, 0.15) is 21.5 Å². The number of hydrogen-bond acceptors (Lipinski definition) is 4. The summed E-state index contributed by atoms with van der Waals surface area (Å²) in [7, 11) is 0. The van der Waals surface area contributed by atoms with E-state index >= 15 is 0 Å². The second-order valence-electron chi connectivity index (χ2n) is 6.38. The first-order valence-electron chi connectivity index (χ1n) is 8.44. The fourth-order valence-electron chi connectivity index (χ4n) is 2.96. The van der Waals surface area contributed by atoms with Crippen LogP contribution in [0.15, 0.2) is 41.2 Å². The van der Waals surface area contributed by atoms with Crippen molar-refractivity contribution in [1.82, 2.24) is 9.80 Å². The Labute approximate surface area is 147 Å². The smallest absolute Gasteiger partial charge is 0.257 e. The van der Waals surface area contributed by atoms with Crippen molar-refractivity contribution >= 4 is 17.5 Å². The summed E-state index contributed by atoms with van der Waals surface area (Å²) in [6.45, 7) is 6.96. The predicted octanol–water partition coefficient (Wildman–Crippen LogP) is 2.29. The van der Waals surface area contributed by atoms with Crippen molar-refractivity contribution in [1.29, 1.82) is 0 Å². The molecule has 0 aliphatic carbocycles. The summed E-state index contributed by atoms with van der Waals surface area (Å²) in [5, 5.41) is 2.98. The van der Waals surface area contributed by atoms with E-state index in [9.17, 15) is 9.59 Å². The molecular weight excluding hydrogens is 318 g/mol. The van der Waals surface area contributed by atoms with Crippen LogP contribution in [-0.4, -0.2) is 54.3 Å². The topological polar surface area (TPSA) is 65.8 Å². The Morgan fingerprint density at radius 3 is 2.56 bits per heavy atom. The summed E-state index contributed by atoms with van der Waals surface area (Å²) in [6.07, 6.45) is 2.97. The number of nitrogens with one attached hydrogen (secondary N) is 1. The van der Waals surface area contributed by atoms with Gasteiger partial charge in [-0.05, 0) is 37.1 Å². The van der Waals surface area contributed by atoms with E-state index in [1.54, 1.807) is 11.0 Å². The first-order valence-corrected chi connectivity index (χ1v) is 8.44. The first kappa shape index (κ1) is 17.2. The highest BCUT2D eigenvalue weighted by Gasteiger charge is 2.23. The molecule has 1 aliphatic heterocycles. The number of amides is 2. The molecule has 6 nitrogen and oxygen atoms in total. The van der Waals surface area contributed by atoms with Crippen LogP contribution in [0, 0.1) is 13.8 Å². The van der Waals surface area contributed by atoms with Crippen LogP contribution in [0.4, 0.5) is 5.69 Å². The van der Waals surface area contributed by atoms with Crippen LogP contribution in [0.3, 0.4) is 0 Å². The molecule has 1 aliphatic rings. The van der Waals surface area contributed by atoms with Gasteiger partial charge in [-0.25, -0.2) is 0 Å². The molecule has 0 atom stereocenters. The first-order chi connectivity index (χ1) is 12.0. The number of aryl methyl sites for hydroxylation is 1. The standard InChI is InChI=1S/C19H23N3O3/c1-14-4-3-5-17(15(14)2)20-18(23)12-21-7-9-22(10-8-21)19(24)16-6-11-25-13-16/h3-6,11,13H,7-10,12H2,1-2H3,(H,20,23). The molecule has 3 rings (SSSR count). The van der Waals surface area contributed by atoms with E-state index in [0.29, 0.717) is 38.3 Å². The van der Waals surface area contributed by atoms with Gasteiger partial charge in [0.1, 0.15) is 6.26 Å². The molecule has 0 bridgehead atoms. The minimum Gasteiger partial charge on any atom is -0.472 e. The van der Waals surface area contributed by atoms with Crippen molar-refractivity contribution in [2.24, 2.45) is 0 Å². The monoisotopic (exact) mass is 341 g/mol. The average molecular weight is 341 g/mol. The van der Waals surface area contributed by atoms with E-state index in [1.807, 2.05) is 32.0 Å². The van der Waals surface area contributed by atoms with E-state index in [-0.39, 0.29) is 11.8 Å². The molecule has 0 radical (unpaired) electrons. The molecule has 2 aromatic rings. The van der Waals surface area contributed by atoms with Crippen molar-refractivity contribution in [3.63, 3.8) is 0 Å². The molecule has 0 spiro atoms. The van der Waals surface area contributed by atoms with Gasteiger partial charge in [0.25, 0.3) is 5.91 Å². The number of nitrogens with zero attached hydrogens (tertiary/aromatic N) is 2. The molecule has 25 heavy (non-hydrogen) atoms. The molecule has 2 heterocycles. The summed E-state index contributed by atoms with van der Waals surface area (Å²) in [4.78, 5) is 28.4. The minimum absolute atomic E-state index is 0.0202. The lowest BCUT2D eigenvalue weighted by molar-refractivity contribution is -0.117. The highest BCUT2D eigenvalue weighted by atomic mass is 16.3. The Balaban J connectivity index is 1.49. The molecule has 6 heteroatoms. The van der Waals surface area contributed by atoms with E-state index in [1.165, 1.54) is 12.5 Å². The lowest BCUT2D eigenvalue weighted by atomic mass is 10.1. The highest BCUT2D eigenvalue weighted by molar-refractivity contribution is 5.94. The molecule has 0 unspecified atom stereocenters. The molecule has 1 aromatic heterocycles. The van der Waals surface area contributed by atoms with Gasteiger partial charge < -0.3 is 14.6 Å². The third-order valence-electron chi connectivity index (χ3n) is 4.67. The van der Waals surface area contributed by atoms with Crippen molar-refractivity contribution in [3.05, 3.63) is 53.5 Å². The number of hydrogen-bond donors (Lipinski definition) is 1. The zero-order valence-corrected chi connectivity index (χ0v) is 14.6. The molecular formula is C19H23N3O3. The van der Waals surface area contributed by atoms with Gasteiger partial charge >= 0.3 is 0 Å². The number of carbonyl (C=O) groups excluding carboxylic acids is 2. The molecule has 2 amide bonds. The maximum atomic E-state index is 12.3. The third-order valence-corrected chi connectivity index (χ3v) is 4.67. The molecule has 1 saturated heterocycles. The number of anilines is 1. The fraction of sp³-hybridized carbons (Fsp3) is 0.368.